The number of ether oxygens (including phenoxy) is 1. The molecule has 0 fully saturated rings. The first-order valence-electron chi connectivity index (χ1n) is 6.45. The van der Waals surface area contributed by atoms with Gasteiger partial charge in [-0.25, -0.2) is 4.79 Å². The van der Waals surface area contributed by atoms with E-state index in [0.29, 0.717) is 0 Å². The molecule has 0 bridgehead atoms. The van der Waals surface area contributed by atoms with E-state index in [2.05, 4.69) is 4.74 Å². The third-order valence-electron chi connectivity index (χ3n) is 2.99. The Morgan fingerprint density at radius 3 is 1.95 bits per heavy atom. The second kappa shape index (κ2) is 6.62. The van der Waals surface area contributed by atoms with Gasteiger partial charge in [-0.1, -0.05) is 48.5 Å². The molecule has 0 heterocycles. The first kappa shape index (κ1) is 16.0. The van der Waals surface area contributed by atoms with E-state index in [9.17, 15) is 23.1 Å². The van der Waals surface area contributed by atoms with Crippen LogP contribution in [0.4, 0.5) is 13.2 Å². The van der Waals surface area contributed by atoms with Crippen LogP contribution in [0, 0.1) is 0 Å². The summed E-state index contributed by atoms with van der Waals surface area (Å²) in [5.74, 6) is -1.14. The number of esters is 1. The summed E-state index contributed by atoms with van der Waals surface area (Å²) in [5, 5.41) is 9.91. The zero-order valence-electron chi connectivity index (χ0n) is 11.3. The summed E-state index contributed by atoms with van der Waals surface area (Å²) in [6.07, 6.45) is -9.52. The van der Waals surface area contributed by atoms with Crippen LogP contribution in [0.3, 0.4) is 0 Å². The Hall–Kier alpha value is -2.34. The van der Waals surface area contributed by atoms with Crippen LogP contribution in [0.5, 0.6) is 0 Å². The van der Waals surface area contributed by atoms with Gasteiger partial charge in [0.2, 0.25) is 6.10 Å². The average Bonchev–Trinajstić information content (AvgIpc) is 2.52. The summed E-state index contributed by atoms with van der Waals surface area (Å²) in [5.41, 5.74) is 0.00250. The highest BCUT2D eigenvalue weighted by Gasteiger charge is 2.48. The molecule has 0 aliphatic heterocycles. The predicted molar refractivity (Wildman–Crippen MR) is 73.1 cm³/mol. The lowest BCUT2D eigenvalue weighted by molar-refractivity contribution is -0.231. The van der Waals surface area contributed by atoms with E-state index in [1.165, 1.54) is 48.5 Å². The normalized spacial score (nSPS) is 14.2. The fourth-order valence-corrected chi connectivity index (χ4v) is 1.89. The third-order valence-corrected chi connectivity index (χ3v) is 2.99. The summed E-state index contributed by atoms with van der Waals surface area (Å²) in [4.78, 5) is 11.8. The van der Waals surface area contributed by atoms with Crippen LogP contribution in [0.2, 0.25) is 0 Å². The van der Waals surface area contributed by atoms with Crippen molar-refractivity contribution < 1.29 is 27.8 Å². The zero-order chi connectivity index (χ0) is 16.2. The van der Waals surface area contributed by atoms with Gasteiger partial charge in [-0.15, -0.1) is 0 Å². The highest BCUT2D eigenvalue weighted by Crippen LogP contribution is 2.33. The molecule has 22 heavy (non-hydrogen) atoms. The lowest BCUT2D eigenvalue weighted by atomic mass is 10.0. The Kier molecular flexibility index (Phi) is 4.82. The minimum atomic E-state index is -4.89. The van der Waals surface area contributed by atoms with Crippen molar-refractivity contribution in [3.8, 4) is 0 Å². The number of alkyl halides is 3. The minimum absolute atomic E-state index is 0.0167. The largest absolute Gasteiger partial charge is 0.446 e. The van der Waals surface area contributed by atoms with Crippen LogP contribution in [-0.2, 0) is 4.74 Å². The molecule has 0 saturated carbocycles. The highest BCUT2D eigenvalue weighted by atomic mass is 19.4. The number of carbonyl (C=O) groups is 1. The van der Waals surface area contributed by atoms with Gasteiger partial charge in [0, 0.05) is 0 Å². The summed E-state index contributed by atoms with van der Waals surface area (Å²) in [6.45, 7) is 0. The van der Waals surface area contributed by atoms with Crippen LogP contribution < -0.4 is 0 Å². The number of rotatable bonds is 4. The van der Waals surface area contributed by atoms with Crippen molar-refractivity contribution in [2.45, 2.75) is 18.4 Å². The monoisotopic (exact) mass is 310 g/mol. The number of benzene rings is 2. The number of carbonyl (C=O) groups excluding carboxylic acids is 1. The van der Waals surface area contributed by atoms with E-state index in [1.807, 2.05) is 0 Å². The predicted octanol–water partition coefficient (Wildman–Crippen LogP) is 3.51. The SMILES string of the molecule is O=C(O[C@H]([C@@H](O)c1ccccc1)C(F)(F)F)c1ccccc1. The molecule has 0 aliphatic carbocycles. The first-order chi connectivity index (χ1) is 10.4. The van der Waals surface area contributed by atoms with Gasteiger partial charge in [0.25, 0.3) is 0 Å². The summed E-state index contributed by atoms with van der Waals surface area (Å²) in [7, 11) is 0. The molecule has 0 amide bonds. The number of halogens is 3. The van der Waals surface area contributed by atoms with E-state index >= 15 is 0 Å². The first-order valence-corrected chi connectivity index (χ1v) is 6.45. The molecular formula is C16H13F3O3. The highest BCUT2D eigenvalue weighted by molar-refractivity contribution is 5.89. The molecule has 3 nitrogen and oxygen atoms in total. The topological polar surface area (TPSA) is 46.5 Å². The van der Waals surface area contributed by atoms with Crippen LogP contribution in [0.25, 0.3) is 0 Å². The standard InChI is InChI=1S/C16H13F3O3/c17-16(18,19)14(13(20)11-7-3-1-4-8-11)22-15(21)12-9-5-2-6-10-12/h1-10,13-14,20H/t13-,14+/m0/s1. The maximum absolute atomic E-state index is 13.1. The van der Waals surface area contributed by atoms with Crippen LogP contribution >= 0.6 is 0 Å². The number of hydrogen-bond acceptors (Lipinski definition) is 3. The van der Waals surface area contributed by atoms with E-state index in [4.69, 9.17) is 0 Å². The Morgan fingerprint density at radius 1 is 0.955 bits per heavy atom. The molecule has 6 heteroatoms. The van der Waals surface area contributed by atoms with E-state index in [1.54, 1.807) is 12.1 Å². The Labute approximate surface area is 125 Å². The van der Waals surface area contributed by atoms with Crippen molar-refractivity contribution in [2.24, 2.45) is 0 Å². The molecule has 116 valence electrons. The van der Waals surface area contributed by atoms with Gasteiger partial charge >= 0.3 is 12.1 Å². The smallest absolute Gasteiger partial charge is 0.428 e. The van der Waals surface area contributed by atoms with E-state index < -0.39 is 24.4 Å². The summed E-state index contributed by atoms with van der Waals surface area (Å²) >= 11 is 0. The fraction of sp³-hybridized carbons (Fsp3) is 0.188. The summed E-state index contributed by atoms with van der Waals surface area (Å²) in [6, 6.07) is 14.6. The zero-order valence-corrected chi connectivity index (χ0v) is 11.3. The van der Waals surface area contributed by atoms with Crippen molar-refractivity contribution in [3.05, 3.63) is 71.8 Å². The molecular weight excluding hydrogens is 297 g/mol. The third kappa shape index (κ3) is 3.85. The van der Waals surface area contributed by atoms with Crippen LogP contribution in [0.15, 0.2) is 60.7 Å². The molecule has 0 radical (unpaired) electrons. The maximum Gasteiger partial charge on any atom is 0.428 e. The molecule has 0 unspecified atom stereocenters. The molecule has 0 aromatic heterocycles. The van der Waals surface area contributed by atoms with Gasteiger partial charge in [-0.2, -0.15) is 13.2 Å². The summed E-state index contributed by atoms with van der Waals surface area (Å²) < 4.78 is 43.8. The lowest BCUT2D eigenvalue weighted by Crippen LogP contribution is -2.39. The van der Waals surface area contributed by atoms with Gasteiger partial charge in [0.15, 0.2) is 0 Å². The van der Waals surface area contributed by atoms with Gasteiger partial charge in [0.1, 0.15) is 6.10 Å². The minimum Gasteiger partial charge on any atom is -0.446 e. The van der Waals surface area contributed by atoms with Gasteiger partial charge < -0.3 is 9.84 Å². The van der Waals surface area contributed by atoms with Gasteiger partial charge in [0.05, 0.1) is 5.56 Å². The van der Waals surface area contributed by atoms with Crippen molar-refractivity contribution in [1.29, 1.82) is 0 Å². The molecule has 2 aromatic rings. The fourth-order valence-electron chi connectivity index (χ4n) is 1.89. The molecule has 2 aromatic carbocycles. The van der Waals surface area contributed by atoms with Gasteiger partial charge in [-0.3, -0.25) is 0 Å². The van der Waals surface area contributed by atoms with Crippen molar-refractivity contribution in [3.63, 3.8) is 0 Å². The Morgan fingerprint density at radius 2 is 1.45 bits per heavy atom. The van der Waals surface area contributed by atoms with Gasteiger partial charge in [-0.05, 0) is 17.7 Å². The second-order valence-electron chi connectivity index (χ2n) is 4.59. The second-order valence-corrected chi connectivity index (χ2v) is 4.59. The average molecular weight is 310 g/mol. The maximum atomic E-state index is 13.1. The lowest BCUT2D eigenvalue weighted by Gasteiger charge is -2.25. The molecule has 0 spiro atoms. The number of aliphatic hydroxyl groups excluding tert-OH is 1. The van der Waals surface area contributed by atoms with Crippen molar-refractivity contribution in [2.75, 3.05) is 0 Å². The van der Waals surface area contributed by atoms with Crippen LogP contribution in [0.1, 0.15) is 22.0 Å². The number of aliphatic hydroxyl groups is 1. The molecule has 1 N–H and O–H groups in total. The molecule has 0 saturated heterocycles. The van der Waals surface area contributed by atoms with Crippen molar-refractivity contribution in [1.82, 2.24) is 0 Å². The molecule has 0 aliphatic rings. The van der Waals surface area contributed by atoms with Crippen molar-refractivity contribution >= 4 is 5.97 Å². The Bertz CT molecular complexity index is 612. The number of hydrogen-bond donors (Lipinski definition) is 1. The van der Waals surface area contributed by atoms with E-state index in [-0.39, 0.29) is 11.1 Å². The quantitative estimate of drug-likeness (QED) is 0.879. The van der Waals surface area contributed by atoms with E-state index in [0.717, 1.165) is 0 Å². The molecule has 2 atom stereocenters. The van der Waals surface area contributed by atoms with Crippen LogP contribution in [-0.4, -0.2) is 23.4 Å². The molecule has 2 rings (SSSR count). The Balaban J connectivity index is 2.23.